The van der Waals surface area contributed by atoms with Gasteiger partial charge >= 0.3 is 0 Å². The minimum atomic E-state index is -0.600. The monoisotopic (exact) mass is 439 g/mol. The van der Waals surface area contributed by atoms with Crippen LogP contribution in [0.15, 0.2) is 77.1 Å². The molecule has 8 heteroatoms. The van der Waals surface area contributed by atoms with E-state index in [2.05, 4.69) is 10.3 Å². The lowest BCUT2D eigenvalue weighted by atomic mass is 10.2. The number of halogens is 1. The second-order valence-corrected chi connectivity index (χ2v) is 8.80. The normalized spacial score (nSPS) is 17.9. The first-order chi connectivity index (χ1) is 14.6. The molecule has 30 heavy (non-hydrogen) atoms. The van der Waals surface area contributed by atoms with Crippen LogP contribution in [-0.2, 0) is 16.1 Å². The number of thioether (sulfide) groups is 1. The van der Waals surface area contributed by atoms with E-state index in [-0.39, 0.29) is 24.1 Å². The zero-order valence-corrected chi connectivity index (χ0v) is 17.5. The average Bonchev–Trinajstić information content (AvgIpc) is 3.26. The molecule has 1 fully saturated rings. The van der Waals surface area contributed by atoms with E-state index in [4.69, 9.17) is 0 Å². The van der Waals surface area contributed by atoms with Crippen LogP contribution < -0.4 is 5.32 Å². The summed E-state index contributed by atoms with van der Waals surface area (Å²) < 4.78 is 13.3. The van der Waals surface area contributed by atoms with Crippen molar-refractivity contribution in [3.05, 3.63) is 82.8 Å². The Balaban J connectivity index is 1.59. The highest BCUT2D eigenvalue weighted by Crippen LogP contribution is 2.31. The Morgan fingerprint density at radius 2 is 1.87 bits per heavy atom. The fourth-order valence-corrected chi connectivity index (χ4v) is 4.72. The van der Waals surface area contributed by atoms with Gasteiger partial charge < -0.3 is 5.32 Å². The van der Waals surface area contributed by atoms with Crippen LogP contribution in [0.4, 0.5) is 15.8 Å². The number of anilines is 1. The van der Waals surface area contributed by atoms with Gasteiger partial charge in [-0.05, 0) is 47.8 Å². The molecular weight excluding hydrogens is 421 g/mol. The number of amides is 2. The number of amidine groups is 1. The molecule has 1 saturated heterocycles. The number of nitrogens with one attached hydrogen (secondary N) is 1. The first-order valence-corrected chi connectivity index (χ1v) is 11.0. The molecule has 1 aliphatic heterocycles. The molecule has 0 radical (unpaired) electrons. The van der Waals surface area contributed by atoms with E-state index in [9.17, 15) is 14.0 Å². The number of hydrogen-bond donors (Lipinski definition) is 1. The molecule has 2 amide bonds. The predicted molar refractivity (Wildman–Crippen MR) is 119 cm³/mol. The molecule has 1 unspecified atom stereocenters. The summed E-state index contributed by atoms with van der Waals surface area (Å²) in [6, 6.07) is 18.7. The molecule has 0 bridgehead atoms. The van der Waals surface area contributed by atoms with Gasteiger partial charge in [-0.3, -0.25) is 14.5 Å². The van der Waals surface area contributed by atoms with Crippen molar-refractivity contribution >= 4 is 51.5 Å². The van der Waals surface area contributed by atoms with Gasteiger partial charge in [0, 0.05) is 17.0 Å². The van der Waals surface area contributed by atoms with Crippen LogP contribution in [0.1, 0.15) is 11.3 Å². The van der Waals surface area contributed by atoms with E-state index in [0.717, 1.165) is 4.88 Å². The summed E-state index contributed by atoms with van der Waals surface area (Å²) in [5.41, 5.74) is 1.19. The van der Waals surface area contributed by atoms with E-state index in [1.54, 1.807) is 40.5 Å². The smallest absolute Gasteiger partial charge is 0.238 e. The Kier molecular flexibility index (Phi) is 6.25. The molecule has 1 aliphatic rings. The molecule has 1 N–H and O–H groups in total. The molecule has 2 aromatic carbocycles. The molecule has 2 heterocycles. The predicted octanol–water partition coefficient (Wildman–Crippen LogP) is 5.05. The maximum atomic E-state index is 13.3. The van der Waals surface area contributed by atoms with Crippen molar-refractivity contribution < 1.29 is 14.0 Å². The molecule has 4 rings (SSSR count). The van der Waals surface area contributed by atoms with Crippen molar-refractivity contribution in [3.63, 3.8) is 0 Å². The largest absolute Gasteiger partial charge is 0.325 e. The number of para-hydroxylation sites is 1. The topological polar surface area (TPSA) is 61.8 Å². The van der Waals surface area contributed by atoms with Crippen LogP contribution in [0, 0.1) is 5.82 Å². The van der Waals surface area contributed by atoms with Crippen LogP contribution in [0.5, 0.6) is 0 Å². The minimum absolute atomic E-state index is 0.0805. The lowest BCUT2D eigenvalue weighted by Gasteiger charge is -2.31. The number of aliphatic imine (C=N–C) groups is 1. The summed E-state index contributed by atoms with van der Waals surface area (Å²) >= 11 is 2.80. The fourth-order valence-electron chi connectivity index (χ4n) is 2.93. The Morgan fingerprint density at radius 3 is 2.57 bits per heavy atom. The Bertz CT molecular complexity index is 1050. The lowest BCUT2D eigenvalue weighted by molar-refractivity contribution is -0.129. The lowest BCUT2D eigenvalue weighted by Crippen LogP contribution is -2.44. The van der Waals surface area contributed by atoms with E-state index in [0.29, 0.717) is 23.1 Å². The van der Waals surface area contributed by atoms with Crippen molar-refractivity contribution in [1.29, 1.82) is 0 Å². The van der Waals surface area contributed by atoms with Crippen molar-refractivity contribution in [2.24, 2.45) is 4.99 Å². The van der Waals surface area contributed by atoms with Crippen LogP contribution in [0.25, 0.3) is 0 Å². The summed E-state index contributed by atoms with van der Waals surface area (Å²) in [4.78, 5) is 32.9. The number of thiophene rings is 1. The second kappa shape index (κ2) is 9.23. The van der Waals surface area contributed by atoms with Gasteiger partial charge in [-0.15, -0.1) is 11.3 Å². The molecule has 0 spiro atoms. The van der Waals surface area contributed by atoms with E-state index in [1.165, 1.54) is 23.9 Å². The van der Waals surface area contributed by atoms with Gasteiger partial charge in [0.2, 0.25) is 11.8 Å². The summed E-state index contributed by atoms with van der Waals surface area (Å²) in [5, 5.41) is 4.63. The molecule has 1 aromatic heterocycles. The first-order valence-electron chi connectivity index (χ1n) is 9.28. The van der Waals surface area contributed by atoms with Crippen LogP contribution in [0.3, 0.4) is 0 Å². The van der Waals surface area contributed by atoms with Gasteiger partial charge in [-0.25, -0.2) is 9.38 Å². The summed E-state index contributed by atoms with van der Waals surface area (Å²) in [6.07, 6.45) is 0.0805. The van der Waals surface area contributed by atoms with Gasteiger partial charge in [0.05, 0.1) is 12.2 Å². The summed E-state index contributed by atoms with van der Waals surface area (Å²) in [7, 11) is 0. The SMILES string of the molecule is O=C(Nc1ccccc1)C1CC(=O)N(Cc2cccs2)C(=Nc2ccc(F)cc2)S1. The minimum Gasteiger partial charge on any atom is -0.325 e. The van der Waals surface area contributed by atoms with Crippen molar-refractivity contribution in [1.82, 2.24) is 4.90 Å². The highest BCUT2D eigenvalue weighted by molar-refractivity contribution is 8.15. The average molecular weight is 440 g/mol. The number of carbonyl (C=O) groups is 2. The summed E-state index contributed by atoms with van der Waals surface area (Å²) in [6.45, 7) is 0.385. The fraction of sp³-hybridized carbons (Fsp3) is 0.136. The zero-order valence-electron chi connectivity index (χ0n) is 15.8. The Labute approximate surface area is 181 Å². The number of nitrogens with zero attached hydrogens (tertiary/aromatic N) is 2. The maximum absolute atomic E-state index is 13.3. The van der Waals surface area contributed by atoms with E-state index in [1.807, 2.05) is 35.7 Å². The molecule has 1 atom stereocenters. The van der Waals surface area contributed by atoms with Gasteiger partial charge in [0.1, 0.15) is 11.1 Å². The van der Waals surface area contributed by atoms with Gasteiger partial charge in [0.15, 0.2) is 5.17 Å². The van der Waals surface area contributed by atoms with Crippen molar-refractivity contribution in [2.45, 2.75) is 18.2 Å². The third-order valence-corrected chi connectivity index (χ3v) is 6.47. The highest BCUT2D eigenvalue weighted by atomic mass is 32.2. The van der Waals surface area contributed by atoms with Gasteiger partial charge in [-0.2, -0.15) is 0 Å². The Hall–Kier alpha value is -2.97. The standard InChI is InChI=1S/C22H18FN3O2S2/c23-15-8-10-17(11-9-15)25-22-26(14-18-7-4-12-29-18)20(27)13-19(30-22)21(28)24-16-5-2-1-3-6-16/h1-12,19H,13-14H2,(H,24,28). The van der Waals surface area contributed by atoms with Gasteiger partial charge in [-0.1, -0.05) is 36.0 Å². The number of carbonyl (C=O) groups excluding carboxylic acids is 2. The number of benzene rings is 2. The molecule has 0 aliphatic carbocycles. The van der Waals surface area contributed by atoms with Crippen LogP contribution in [-0.4, -0.2) is 27.1 Å². The van der Waals surface area contributed by atoms with Crippen molar-refractivity contribution in [3.8, 4) is 0 Å². The first kappa shape index (κ1) is 20.3. The van der Waals surface area contributed by atoms with Crippen molar-refractivity contribution in [2.75, 3.05) is 5.32 Å². The zero-order chi connectivity index (χ0) is 20.9. The molecule has 3 aromatic rings. The summed E-state index contributed by atoms with van der Waals surface area (Å²) in [5.74, 6) is -0.778. The second-order valence-electron chi connectivity index (χ2n) is 6.60. The number of rotatable bonds is 5. The molecule has 5 nitrogen and oxygen atoms in total. The van der Waals surface area contributed by atoms with E-state index < -0.39 is 5.25 Å². The molecule has 0 saturated carbocycles. The van der Waals surface area contributed by atoms with Crippen LogP contribution in [0.2, 0.25) is 0 Å². The molecular formula is C22H18FN3O2S2. The third kappa shape index (κ3) is 4.95. The van der Waals surface area contributed by atoms with Gasteiger partial charge in [0.25, 0.3) is 0 Å². The third-order valence-electron chi connectivity index (χ3n) is 4.42. The van der Waals surface area contributed by atoms with E-state index >= 15 is 0 Å². The quantitative estimate of drug-likeness (QED) is 0.605. The highest BCUT2D eigenvalue weighted by Gasteiger charge is 2.36. The van der Waals surface area contributed by atoms with Crippen LogP contribution >= 0.6 is 23.1 Å². The maximum Gasteiger partial charge on any atom is 0.238 e. The number of hydrogen-bond acceptors (Lipinski definition) is 5. The Morgan fingerprint density at radius 1 is 1.10 bits per heavy atom. The molecule has 152 valence electrons.